The fourth-order valence-electron chi connectivity index (χ4n) is 1.30. The summed E-state index contributed by atoms with van der Waals surface area (Å²) in [4.78, 5) is 5.79. The summed E-state index contributed by atoms with van der Waals surface area (Å²) >= 11 is 1.81. The van der Waals surface area contributed by atoms with E-state index in [-0.39, 0.29) is 5.41 Å². The third-order valence-electron chi connectivity index (χ3n) is 2.22. The SMILES string of the molecule is C/C=C/CCNCc1cnc(C(C)(C)C)s1. The Morgan fingerprint density at radius 3 is 2.75 bits per heavy atom. The van der Waals surface area contributed by atoms with Gasteiger partial charge in [-0.2, -0.15) is 0 Å². The first-order valence-corrected chi connectivity index (χ1v) is 6.62. The third-order valence-corrected chi connectivity index (χ3v) is 3.64. The van der Waals surface area contributed by atoms with Crippen LogP contribution in [0.5, 0.6) is 0 Å². The second kappa shape index (κ2) is 6.16. The lowest BCUT2D eigenvalue weighted by atomic mass is 9.98. The smallest absolute Gasteiger partial charge is 0.0981 e. The fourth-order valence-corrected chi connectivity index (χ4v) is 2.24. The van der Waals surface area contributed by atoms with Gasteiger partial charge < -0.3 is 5.32 Å². The van der Waals surface area contributed by atoms with Gasteiger partial charge in [-0.3, -0.25) is 0 Å². The van der Waals surface area contributed by atoms with Crippen molar-refractivity contribution < 1.29 is 0 Å². The molecule has 1 N–H and O–H groups in total. The van der Waals surface area contributed by atoms with Crippen molar-refractivity contribution in [3.8, 4) is 0 Å². The molecule has 0 fully saturated rings. The van der Waals surface area contributed by atoms with Gasteiger partial charge in [0.2, 0.25) is 0 Å². The summed E-state index contributed by atoms with van der Waals surface area (Å²) in [6.45, 7) is 10.6. The summed E-state index contributed by atoms with van der Waals surface area (Å²) in [6, 6.07) is 0. The fraction of sp³-hybridized carbons (Fsp3) is 0.615. The molecule has 1 rings (SSSR count). The minimum atomic E-state index is 0.174. The highest BCUT2D eigenvalue weighted by Crippen LogP contribution is 2.26. The van der Waals surface area contributed by atoms with Crippen LogP contribution in [0.15, 0.2) is 18.3 Å². The summed E-state index contributed by atoms with van der Waals surface area (Å²) in [5, 5.41) is 4.64. The van der Waals surface area contributed by atoms with Gasteiger partial charge in [-0.25, -0.2) is 4.98 Å². The second-order valence-corrected chi connectivity index (χ2v) is 6.03. The van der Waals surface area contributed by atoms with Crippen LogP contribution in [-0.4, -0.2) is 11.5 Å². The molecule has 0 saturated carbocycles. The molecule has 90 valence electrons. The van der Waals surface area contributed by atoms with E-state index in [1.807, 2.05) is 17.5 Å². The van der Waals surface area contributed by atoms with Crippen LogP contribution in [0.3, 0.4) is 0 Å². The topological polar surface area (TPSA) is 24.9 Å². The lowest BCUT2D eigenvalue weighted by Crippen LogP contribution is -2.13. The minimum Gasteiger partial charge on any atom is -0.311 e. The standard InChI is InChI=1S/C13H22N2S/c1-5-6-7-8-14-9-11-10-15-12(16-11)13(2,3)4/h5-6,10,14H,7-9H2,1-4H3/b6-5+. The van der Waals surface area contributed by atoms with E-state index in [0.717, 1.165) is 19.5 Å². The van der Waals surface area contributed by atoms with Crippen LogP contribution in [0.1, 0.15) is 44.0 Å². The van der Waals surface area contributed by atoms with E-state index >= 15 is 0 Å². The van der Waals surface area contributed by atoms with Crippen LogP contribution >= 0.6 is 11.3 Å². The van der Waals surface area contributed by atoms with Gasteiger partial charge in [0, 0.05) is 23.0 Å². The van der Waals surface area contributed by atoms with Gasteiger partial charge in [0.05, 0.1) is 5.01 Å². The first kappa shape index (κ1) is 13.4. The summed E-state index contributed by atoms with van der Waals surface area (Å²) in [6.07, 6.45) is 7.36. The van der Waals surface area contributed by atoms with Crippen molar-refractivity contribution >= 4 is 11.3 Å². The highest BCUT2D eigenvalue weighted by molar-refractivity contribution is 7.11. The zero-order valence-corrected chi connectivity index (χ0v) is 11.5. The zero-order chi connectivity index (χ0) is 12.0. The van der Waals surface area contributed by atoms with Crippen LogP contribution in [0.2, 0.25) is 0 Å². The molecule has 0 aromatic carbocycles. The molecular weight excluding hydrogens is 216 g/mol. The number of nitrogens with one attached hydrogen (secondary N) is 1. The molecule has 0 spiro atoms. The molecule has 0 saturated heterocycles. The molecule has 0 bridgehead atoms. The second-order valence-electron chi connectivity index (χ2n) is 4.92. The van der Waals surface area contributed by atoms with Gasteiger partial charge in [0.1, 0.15) is 0 Å². The van der Waals surface area contributed by atoms with E-state index in [9.17, 15) is 0 Å². The molecule has 0 amide bonds. The lowest BCUT2D eigenvalue weighted by Gasteiger charge is -2.13. The molecule has 0 radical (unpaired) electrons. The number of rotatable bonds is 5. The number of nitrogens with zero attached hydrogens (tertiary/aromatic N) is 1. The van der Waals surface area contributed by atoms with Crippen LogP contribution in [0.25, 0.3) is 0 Å². The predicted octanol–water partition coefficient (Wildman–Crippen LogP) is 3.50. The first-order valence-electron chi connectivity index (χ1n) is 5.81. The Labute approximate surface area is 103 Å². The molecule has 0 aliphatic rings. The highest BCUT2D eigenvalue weighted by Gasteiger charge is 2.17. The summed E-state index contributed by atoms with van der Waals surface area (Å²) in [7, 11) is 0. The number of aromatic nitrogens is 1. The largest absolute Gasteiger partial charge is 0.311 e. The Morgan fingerprint density at radius 1 is 1.44 bits per heavy atom. The molecule has 16 heavy (non-hydrogen) atoms. The summed E-state index contributed by atoms with van der Waals surface area (Å²) < 4.78 is 0. The maximum atomic E-state index is 4.47. The molecular formula is C13H22N2S. The Morgan fingerprint density at radius 2 is 2.19 bits per heavy atom. The first-order chi connectivity index (χ1) is 7.54. The lowest BCUT2D eigenvalue weighted by molar-refractivity contribution is 0.585. The minimum absolute atomic E-state index is 0.174. The van der Waals surface area contributed by atoms with Crippen molar-refractivity contribution in [2.24, 2.45) is 0 Å². The Bertz CT molecular complexity index is 334. The van der Waals surface area contributed by atoms with Crippen molar-refractivity contribution in [2.45, 2.75) is 46.1 Å². The molecule has 1 aromatic rings. The van der Waals surface area contributed by atoms with Crippen LogP contribution in [-0.2, 0) is 12.0 Å². The quantitative estimate of drug-likeness (QED) is 0.627. The number of hydrogen-bond donors (Lipinski definition) is 1. The van der Waals surface area contributed by atoms with Crippen molar-refractivity contribution in [1.82, 2.24) is 10.3 Å². The van der Waals surface area contributed by atoms with E-state index in [1.165, 1.54) is 9.88 Å². The van der Waals surface area contributed by atoms with Gasteiger partial charge in [-0.05, 0) is 19.9 Å². The molecule has 1 aromatic heterocycles. The van der Waals surface area contributed by atoms with Crippen LogP contribution in [0, 0.1) is 0 Å². The maximum absolute atomic E-state index is 4.47. The van der Waals surface area contributed by atoms with Gasteiger partial charge in [-0.1, -0.05) is 32.9 Å². The molecule has 3 heteroatoms. The highest BCUT2D eigenvalue weighted by atomic mass is 32.1. The van der Waals surface area contributed by atoms with E-state index in [0.29, 0.717) is 0 Å². The number of allylic oxidation sites excluding steroid dienone is 1. The third kappa shape index (κ3) is 4.45. The van der Waals surface area contributed by atoms with Gasteiger partial charge in [0.15, 0.2) is 0 Å². The molecule has 0 atom stereocenters. The summed E-state index contributed by atoms with van der Waals surface area (Å²) in [5.74, 6) is 0. The molecule has 1 heterocycles. The van der Waals surface area contributed by atoms with E-state index in [4.69, 9.17) is 0 Å². The van der Waals surface area contributed by atoms with Crippen molar-refractivity contribution in [3.63, 3.8) is 0 Å². The van der Waals surface area contributed by atoms with E-state index in [2.05, 4.69) is 50.1 Å². The van der Waals surface area contributed by atoms with Gasteiger partial charge in [-0.15, -0.1) is 11.3 Å². The van der Waals surface area contributed by atoms with Crippen molar-refractivity contribution in [3.05, 3.63) is 28.2 Å². The molecule has 0 aliphatic carbocycles. The Hall–Kier alpha value is -0.670. The van der Waals surface area contributed by atoms with Crippen LogP contribution < -0.4 is 5.32 Å². The average Bonchev–Trinajstić information content (AvgIpc) is 2.65. The molecule has 2 nitrogen and oxygen atoms in total. The Balaban J connectivity index is 2.35. The normalized spacial score (nSPS) is 12.5. The van der Waals surface area contributed by atoms with Gasteiger partial charge >= 0.3 is 0 Å². The number of thiazole rings is 1. The van der Waals surface area contributed by atoms with Gasteiger partial charge in [0.25, 0.3) is 0 Å². The zero-order valence-electron chi connectivity index (χ0n) is 10.7. The van der Waals surface area contributed by atoms with Crippen LogP contribution in [0.4, 0.5) is 0 Å². The van der Waals surface area contributed by atoms with Crippen molar-refractivity contribution in [2.75, 3.05) is 6.54 Å². The number of hydrogen-bond acceptors (Lipinski definition) is 3. The monoisotopic (exact) mass is 238 g/mol. The predicted molar refractivity (Wildman–Crippen MR) is 72.0 cm³/mol. The summed E-state index contributed by atoms with van der Waals surface area (Å²) in [5.41, 5.74) is 0.174. The molecule has 0 aliphatic heterocycles. The van der Waals surface area contributed by atoms with E-state index < -0.39 is 0 Å². The van der Waals surface area contributed by atoms with E-state index in [1.54, 1.807) is 0 Å². The molecule has 0 unspecified atom stereocenters. The van der Waals surface area contributed by atoms with Crippen molar-refractivity contribution in [1.29, 1.82) is 0 Å². The average molecular weight is 238 g/mol. The maximum Gasteiger partial charge on any atom is 0.0981 e. The Kier molecular flexibility index (Phi) is 5.16.